The van der Waals surface area contributed by atoms with Gasteiger partial charge in [0.05, 0.1) is 4.92 Å². The Hall–Kier alpha value is -4.01. The number of pyridine rings is 1. The van der Waals surface area contributed by atoms with E-state index in [9.17, 15) is 24.1 Å². The molecule has 0 aliphatic heterocycles. The molecule has 3 aromatic rings. The van der Waals surface area contributed by atoms with Crippen molar-refractivity contribution in [3.05, 3.63) is 104 Å². The first-order valence-corrected chi connectivity index (χ1v) is 8.09. The molecule has 0 spiro atoms. The molecule has 0 fully saturated rings. The van der Waals surface area contributed by atoms with Crippen molar-refractivity contribution in [3.8, 4) is 0 Å². The van der Waals surface area contributed by atoms with Crippen LogP contribution in [0.4, 0.5) is 15.8 Å². The third-order valence-electron chi connectivity index (χ3n) is 3.75. The van der Waals surface area contributed by atoms with Crippen LogP contribution in [0.1, 0.15) is 15.9 Å². The van der Waals surface area contributed by atoms with Gasteiger partial charge in [-0.2, -0.15) is 4.73 Å². The zero-order valence-electron chi connectivity index (χ0n) is 14.4. The Morgan fingerprint density at radius 3 is 2.57 bits per heavy atom. The molecule has 1 amide bonds. The molecule has 1 aromatic heterocycles. The minimum absolute atomic E-state index is 0.0644. The summed E-state index contributed by atoms with van der Waals surface area (Å²) in [7, 11) is 0. The summed E-state index contributed by atoms with van der Waals surface area (Å²) in [6, 6.07) is 13.7. The molecule has 0 radical (unpaired) electrons. The molecule has 0 aliphatic carbocycles. The Kier molecular flexibility index (Phi) is 5.45. The molecule has 2 aromatic carbocycles. The average molecular weight is 383 g/mol. The van der Waals surface area contributed by atoms with Crippen molar-refractivity contribution in [1.82, 2.24) is 4.73 Å². The minimum Gasteiger partial charge on any atom is -0.406 e. The zero-order chi connectivity index (χ0) is 20.1. The van der Waals surface area contributed by atoms with Crippen molar-refractivity contribution >= 4 is 17.3 Å². The number of rotatable bonds is 6. The number of carbonyl (C=O) groups excluding carboxylic acids is 1. The monoisotopic (exact) mass is 383 g/mol. The second-order valence-corrected chi connectivity index (χ2v) is 5.71. The van der Waals surface area contributed by atoms with E-state index < -0.39 is 22.2 Å². The molecule has 0 unspecified atom stereocenters. The summed E-state index contributed by atoms with van der Waals surface area (Å²) in [4.78, 5) is 40.3. The predicted octanol–water partition coefficient (Wildman–Crippen LogP) is 2.78. The van der Waals surface area contributed by atoms with E-state index in [4.69, 9.17) is 4.84 Å². The number of nitrogens with zero attached hydrogens (tertiary/aromatic N) is 2. The second kappa shape index (κ2) is 8.12. The van der Waals surface area contributed by atoms with E-state index in [0.717, 1.165) is 4.73 Å². The fourth-order valence-corrected chi connectivity index (χ4v) is 2.39. The van der Waals surface area contributed by atoms with Crippen molar-refractivity contribution in [2.45, 2.75) is 6.61 Å². The van der Waals surface area contributed by atoms with Gasteiger partial charge in [0.2, 0.25) is 0 Å². The molecule has 0 atom stereocenters. The summed E-state index contributed by atoms with van der Waals surface area (Å²) in [6.07, 6.45) is 1.34. The first kappa shape index (κ1) is 18.8. The number of halogens is 1. The van der Waals surface area contributed by atoms with Crippen molar-refractivity contribution in [1.29, 1.82) is 0 Å². The number of benzene rings is 2. The van der Waals surface area contributed by atoms with Crippen LogP contribution in [-0.2, 0) is 6.61 Å². The van der Waals surface area contributed by atoms with E-state index in [-0.39, 0.29) is 17.9 Å². The number of amides is 1. The highest BCUT2D eigenvalue weighted by Crippen LogP contribution is 2.15. The zero-order valence-corrected chi connectivity index (χ0v) is 14.4. The quantitative estimate of drug-likeness (QED) is 0.521. The Labute approximate surface area is 157 Å². The minimum atomic E-state index is -0.696. The van der Waals surface area contributed by atoms with Crippen molar-refractivity contribution in [2.24, 2.45) is 0 Å². The van der Waals surface area contributed by atoms with E-state index in [1.165, 1.54) is 60.8 Å². The largest absolute Gasteiger partial charge is 0.406 e. The lowest BCUT2D eigenvalue weighted by Crippen LogP contribution is -2.32. The highest BCUT2D eigenvalue weighted by molar-refractivity contribution is 6.04. The Morgan fingerprint density at radius 2 is 1.89 bits per heavy atom. The molecule has 9 heteroatoms. The molecule has 0 saturated carbocycles. The molecule has 0 bridgehead atoms. The van der Waals surface area contributed by atoms with E-state index >= 15 is 0 Å². The number of aromatic nitrogens is 1. The number of hydrogen-bond donors (Lipinski definition) is 1. The molecular weight excluding hydrogens is 369 g/mol. The summed E-state index contributed by atoms with van der Waals surface area (Å²) in [5.41, 5.74) is -0.178. The molecule has 3 rings (SSSR count). The lowest BCUT2D eigenvalue weighted by atomic mass is 10.2. The number of nitro groups is 1. The standard InChI is InChI=1S/C19H14FN3O5/c20-14-4-1-3-13(11-14)12-28-22-10-2-5-17(19(22)25)18(24)21-15-6-8-16(9-7-15)23(26)27/h1-11H,12H2,(H,21,24). The van der Waals surface area contributed by atoms with Gasteiger partial charge in [-0.05, 0) is 42.0 Å². The summed E-state index contributed by atoms with van der Waals surface area (Å²) >= 11 is 0. The maximum absolute atomic E-state index is 13.2. The fourth-order valence-electron chi connectivity index (χ4n) is 2.39. The van der Waals surface area contributed by atoms with E-state index in [1.54, 1.807) is 6.07 Å². The van der Waals surface area contributed by atoms with Gasteiger partial charge in [0.15, 0.2) is 0 Å². The molecule has 1 heterocycles. The molecule has 142 valence electrons. The molecule has 8 nitrogen and oxygen atoms in total. The smallest absolute Gasteiger partial charge is 0.295 e. The Bertz CT molecular complexity index is 1080. The second-order valence-electron chi connectivity index (χ2n) is 5.71. The summed E-state index contributed by atoms with van der Waals surface area (Å²) in [5.74, 6) is -1.12. The van der Waals surface area contributed by atoms with Crippen molar-refractivity contribution in [3.63, 3.8) is 0 Å². The van der Waals surface area contributed by atoms with Crippen LogP contribution in [0.15, 0.2) is 71.7 Å². The van der Waals surface area contributed by atoms with Crippen LogP contribution in [0.5, 0.6) is 0 Å². The first-order valence-electron chi connectivity index (χ1n) is 8.09. The third kappa shape index (κ3) is 4.39. The topological polar surface area (TPSA) is 103 Å². The Balaban J connectivity index is 1.73. The average Bonchev–Trinajstić information content (AvgIpc) is 2.67. The number of carbonyl (C=O) groups is 1. The lowest BCUT2D eigenvalue weighted by Gasteiger charge is -2.10. The van der Waals surface area contributed by atoms with Gasteiger partial charge in [0.25, 0.3) is 17.2 Å². The Morgan fingerprint density at radius 1 is 1.14 bits per heavy atom. The van der Waals surface area contributed by atoms with Crippen molar-refractivity contribution in [2.75, 3.05) is 5.32 Å². The molecule has 0 aliphatic rings. The first-order chi connectivity index (χ1) is 13.4. The SMILES string of the molecule is O=C(Nc1ccc([N+](=O)[O-])cc1)c1cccn(OCc2cccc(F)c2)c1=O. The molecular formula is C19H14FN3O5. The van der Waals surface area contributed by atoms with Crippen LogP contribution in [0.2, 0.25) is 0 Å². The van der Waals surface area contributed by atoms with Crippen LogP contribution in [0.25, 0.3) is 0 Å². The normalized spacial score (nSPS) is 10.3. The maximum atomic E-state index is 13.2. The van der Waals surface area contributed by atoms with Gasteiger partial charge in [-0.15, -0.1) is 0 Å². The number of hydrogen-bond acceptors (Lipinski definition) is 5. The van der Waals surface area contributed by atoms with Crippen molar-refractivity contribution < 1.29 is 18.9 Å². The third-order valence-corrected chi connectivity index (χ3v) is 3.75. The molecule has 1 N–H and O–H groups in total. The van der Waals surface area contributed by atoms with Gasteiger partial charge in [-0.25, -0.2) is 4.39 Å². The highest BCUT2D eigenvalue weighted by atomic mass is 19.1. The van der Waals surface area contributed by atoms with Gasteiger partial charge in [-0.3, -0.25) is 19.7 Å². The number of nitro benzene ring substituents is 1. The molecule has 0 saturated heterocycles. The van der Waals surface area contributed by atoms with Crippen LogP contribution in [-0.4, -0.2) is 15.6 Å². The number of anilines is 1. The summed E-state index contributed by atoms with van der Waals surface area (Å²) in [5, 5.41) is 13.2. The highest BCUT2D eigenvalue weighted by Gasteiger charge is 2.14. The van der Waals surface area contributed by atoms with E-state index in [1.807, 2.05) is 0 Å². The predicted molar refractivity (Wildman–Crippen MR) is 98.4 cm³/mol. The summed E-state index contributed by atoms with van der Waals surface area (Å²) < 4.78 is 14.1. The van der Waals surface area contributed by atoms with E-state index in [0.29, 0.717) is 11.3 Å². The van der Waals surface area contributed by atoms with E-state index in [2.05, 4.69) is 5.32 Å². The maximum Gasteiger partial charge on any atom is 0.295 e. The lowest BCUT2D eigenvalue weighted by molar-refractivity contribution is -0.384. The van der Waals surface area contributed by atoms with Gasteiger partial charge < -0.3 is 10.2 Å². The van der Waals surface area contributed by atoms with Gasteiger partial charge in [-0.1, -0.05) is 12.1 Å². The van der Waals surface area contributed by atoms with Gasteiger partial charge >= 0.3 is 0 Å². The molecule has 28 heavy (non-hydrogen) atoms. The summed E-state index contributed by atoms with van der Waals surface area (Å²) in [6.45, 7) is -0.0644. The van der Waals surface area contributed by atoms with Gasteiger partial charge in [0, 0.05) is 24.0 Å². The van der Waals surface area contributed by atoms with Crippen LogP contribution in [0, 0.1) is 15.9 Å². The fraction of sp³-hybridized carbons (Fsp3) is 0.0526. The van der Waals surface area contributed by atoms with Crippen LogP contribution < -0.4 is 15.7 Å². The number of non-ortho nitro benzene ring substituents is 1. The van der Waals surface area contributed by atoms with Gasteiger partial charge in [0.1, 0.15) is 18.0 Å². The van der Waals surface area contributed by atoms with Crippen LogP contribution in [0.3, 0.4) is 0 Å². The number of nitrogens with one attached hydrogen (secondary N) is 1. The van der Waals surface area contributed by atoms with Crippen LogP contribution >= 0.6 is 0 Å².